The lowest BCUT2D eigenvalue weighted by molar-refractivity contribution is -0.131. The first-order valence-corrected chi connectivity index (χ1v) is 6.40. The predicted octanol–water partition coefficient (Wildman–Crippen LogP) is 2.74. The summed E-state index contributed by atoms with van der Waals surface area (Å²) in [6, 6.07) is 0. The lowest BCUT2D eigenvalue weighted by Crippen LogP contribution is -2.38. The molecule has 2 rings (SSSR count). The number of aliphatic hydroxyl groups excluding tert-OH is 1. The number of hydrogen-bond donors (Lipinski definition) is 1. The molecule has 2 aliphatic carbocycles. The summed E-state index contributed by atoms with van der Waals surface area (Å²) < 4.78 is 0. The molecule has 0 aliphatic heterocycles. The number of fused-ring (bicyclic) bond motifs is 1. The van der Waals surface area contributed by atoms with E-state index < -0.39 is 0 Å². The lowest BCUT2D eigenvalue weighted by atomic mass is 9.74. The van der Waals surface area contributed by atoms with Gasteiger partial charge in [0.1, 0.15) is 5.78 Å². The Bertz CT molecular complexity index is 344. The van der Waals surface area contributed by atoms with Gasteiger partial charge in [-0.1, -0.05) is 25.4 Å². The molecule has 16 heavy (non-hydrogen) atoms. The van der Waals surface area contributed by atoms with Gasteiger partial charge in [0.15, 0.2) is 0 Å². The minimum Gasteiger partial charge on any atom is -0.393 e. The average molecular weight is 243 g/mol. The number of rotatable bonds is 0. The molecule has 0 radical (unpaired) electrons. The Kier molecular flexibility index (Phi) is 3.15. The van der Waals surface area contributed by atoms with Gasteiger partial charge in [0.25, 0.3) is 0 Å². The summed E-state index contributed by atoms with van der Waals surface area (Å²) in [5.74, 6) is 0.807. The van der Waals surface area contributed by atoms with Crippen molar-refractivity contribution in [2.75, 3.05) is 0 Å². The smallest absolute Gasteiger partial charge is 0.137 e. The highest BCUT2D eigenvalue weighted by molar-refractivity contribution is 6.29. The van der Waals surface area contributed by atoms with E-state index in [1.165, 1.54) is 5.57 Å². The number of halogens is 1. The molecule has 2 saturated carbocycles. The fourth-order valence-electron chi connectivity index (χ4n) is 3.80. The van der Waals surface area contributed by atoms with Crippen molar-refractivity contribution in [1.29, 1.82) is 0 Å². The van der Waals surface area contributed by atoms with Crippen molar-refractivity contribution in [3.05, 3.63) is 10.6 Å². The molecule has 0 spiro atoms. The van der Waals surface area contributed by atoms with E-state index in [9.17, 15) is 9.90 Å². The van der Waals surface area contributed by atoms with Crippen molar-refractivity contribution in [3.8, 4) is 0 Å². The van der Waals surface area contributed by atoms with E-state index in [2.05, 4.69) is 13.8 Å². The maximum atomic E-state index is 12.0. The van der Waals surface area contributed by atoms with Gasteiger partial charge in [-0.25, -0.2) is 0 Å². The number of carbonyl (C=O) groups is 1. The monoisotopic (exact) mass is 242 g/mol. The van der Waals surface area contributed by atoms with Crippen LogP contribution in [0.4, 0.5) is 0 Å². The molecule has 0 saturated heterocycles. The second kappa shape index (κ2) is 4.15. The molecule has 2 nitrogen and oxygen atoms in total. The van der Waals surface area contributed by atoms with Gasteiger partial charge in [-0.15, -0.1) is 0 Å². The summed E-state index contributed by atoms with van der Waals surface area (Å²) in [4.78, 5) is 12.0. The highest BCUT2D eigenvalue weighted by atomic mass is 35.5. The van der Waals surface area contributed by atoms with E-state index in [1.807, 2.05) is 6.92 Å². The molecule has 0 aromatic heterocycles. The molecule has 5 unspecified atom stereocenters. The average Bonchev–Trinajstić information content (AvgIpc) is 2.46. The summed E-state index contributed by atoms with van der Waals surface area (Å²) in [6.07, 6.45) is 0.799. The largest absolute Gasteiger partial charge is 0.393 e. The van der Waals surface area contributed by atoms with Crippen molar-refractivity contribution >= 4 is 17.4 Å². The molecular formula is C13H19ClO2. The summed E-state index contributed by atoms with van der Waals surface area (Å²) >= 11 is 6.12. The Morgan fingerprint density at radius 3 is 2.50 bits per heavy atom. The summed E-state index contributed by atoms with van der Waals surface area (Å²) in [5, 5.41) is 10.9. The Morgan fingerprint density at radius 2 is 2.00 bits per heavy atom. The first-order valence-electron chi connectivity index (χ1n) is 6.02. The third kappa shape index (κ3) is 1.63. The van der Waals surface area contributed by atoms with Crippen molar-refractivity contribution < 1.29 is 9.90 Å². The molecular weight excluding hydrogens is 224 g/mol. The van der Waals surface area contributed by atoms with Crippen LogP contribution in [0.15, 0.2) is 10.6 Å². The van der Waals surface area contributed by atoms with Crippen LogP contribution < -0.4 is 0 Å². The third-order valence-electron chi connectivity index (χ3n) is 4.41. The second-order valence-corrected chi connectivity index (χ2v) is 5.81. The summed E-state index contributed by atoms with van der Waals surface area (Å²) in [7, 11) is 0. The molecule has 0 bridgehead atoms. The van der Waals surface area contributed by atoms with E-state index in [0.29, 0.717) is 18.6 Å². The molecule has 0 aromatic rings. The maximum absolute atomic E-state index is 12.0. The van der Waals surface area contributed by atoms with Gasteiger partial charge in [0, 0.05) is 23.3 Å². The zero-order valence-corrected chi connectivity index (χ0v) is 10.8. The fourth-order valence-corrected chi connectivity index (χ4v) is 4.15. The first-order chi connectivity index (χ1) is 7.45. The van der Waals surface area contributed by atoms with Crippen LogP contribution in [-0.4, -0.2) is 17.0 Å². The SMILES string of the molecule is C/C(Cl)=C1\C(C)C2C(=O)CCC(O)C2C1C. The van der Waals surface area contributed by atoms with Gasteiger partial charge in [-0.05, 0) is 30.8 Å². The minimum atomic E-state index is -0.339. The molecule has 2 aliphatic rings. The minimum absolute atomic E-state index is 0.0116. The van der Waals surface area contributed by atoms with Gasteiger partial charge in [-0.3, -0.25) is 4.79 Å². The number of Topliss-reactive ketones (excluding diaryl/α,β-unsaturated/α-hetero) is 1. The molecule has 90 valence electrons. The topological polar surface area (TPSA) is 37.3 Å². The summed E-state index contributed by atoms with van der Waals surface area (Å²) in [5.41, 5.74) is 1.17. The molecule has 1 N–H and O–H groups in total. The number of hydrogen-bond acceptors (Lipinski definition) is 2. The van der Waals surface area contributed by atoms with Crippen molar-refractivity contribution in [1.82, 2.24) is 0 Å². The number of aliphatic hydroxyl groups is 1. The van der Waals surface area contributed by atoms with Gasteiger partial charge >= 0.3 is 0 Å². The summed E-state index contributed by atoms with van der Waals surface area (Å²) in [6.45, 7) is 6.04. The highest BCUT2D eigenvalue weighted by Gasteiger charge is 2.51. The Hall–Kier alpha value is -0.340. The van der Waals surface area contributed by atoms with E-state index in [-0.39, 0.29) is 29.8 Å². The molecule has 0 heterocycles. The van der Waals surface area contributed by atoms with Crippen molar-refractivity contribution in [2.24, 2.45) is 23.7 Å². The Labute approximate surface area is 102 Å². The first kappa shape index (κ1) is 12.1. The normalized spacial score (nSPS) is 46.8. The van der Waals surface area contributed by atoms with Crippen LogP contribution in [0.1, 0.15) is 33.6 Å². The fraction of sp³-hybridized carbons (Fsp3) is 0.769. The third-order valence-corrected chi connectivity index (χ3v) is 4.63. The Balaban J connectivity index is 2.42. The van der Waals surface area contributed by atoms with Crippen molar-refractivity contribution in [3.63, 3.8) is 0 Å². The predicted molar refractivity (Wildman–Crippen MR) is 64.1 cm³/mol. The van der Waals surface area contributed by atoms with Crippen LogP contribution in [0.2, 0.25) is 0 Å². The molecule has 2 fully saturated rings. The van der Waals surface area contributed by atoms with Gasteiger partial charge in [-0.2, -0.15) is 0 Å². The van der Waals surface area contributed by atoms with Crippen LogP contribution in [0.3, 0.4) is 0 Å². The molecule has 0 amide bonds. The lowest BCUT2D eigenvalue weighted by Gasteiger charge is -2.32. The van der Waals surface area contributed by atoms with E-state index in [4.69, 9.17) is 11.6 Å². The number of ketones is 1. The standard InChI is InChI=1S/C13H19ClO2/c1-6-11(8(3)14)7(2)13-10(16)5-4-9(15)12(6)13/h6-7,9,12-13,15H,4-5H2,1-3H3/b11-8+. The molecule has 0 aromatic carbocycles. The number of carbonyl (C=O) groups excluding carboxylic acids is 1. The zero-order valence-electron chi connectivity index (χ0n) is 10.0. The van der Waals surface area contributed by atoms with Crippen LogP contribution in [0.5, 0.6) is 0 Å². The van der Waals surface area contributed by atoms with Crippen LogP contribution >= 0.6 is 11.6 Å². The van der Waals surface area contributed by atoms with E-state index >= 15 is 0 Å². The van der Waals surface area contributed by atoms with E-state index in [1.54, 1.807) is 0 Å². The van der Waals surface area contributed by atoms with Crippen LogP contribution in [0.25, 0.3) is 0 Å². The van der Waals surface area contributed by atoms with Gasteiger partial charge in [0.05, 0.1) is 6.10 Å². The van der Waals surface area contributed by atoms with Gasteiger partial charge < -0.3 is 5.11 Å². The van der Waals surface area contributed by atoms with Crippen molar-refractivity contribution in [2.45, 2.75) is 39.7 Å². The Morgan fingerprint density at radius 1 is 1.38 bits per heavy atom. The zero-order chi connectivity index (χ0) is 12.0. The second-order valence-electron chi connectivity index (χ2n) is 5.24. The number of allylic oxidation sites excluding steroid dienone is 2. The van der Waals surface area contributed by atoms with Crippen LogP contribution in [-0.2, 0) is 4.79 Å². The molecule has 3 heteroatoms. The molecule has 5 atom stereocenters. The quantitative estimate of drug-likeness (QED) is 0.709. The van der Waals surface area contributed by atoms with Gasteiger partial charge in [0.2, 0.25) is 0 Å². The highest BCUT2D eigenvalue weighted by Crippen LogP contribution is 2.52. The maximum Gasteiger partial charge on any atom is 0.137 e. The van der Waals surface area contributed by atoms with E-state index in [0.717, 1.165) is 5.03 Å². The van der Waals surface area contributed by atoms with Crippen LogP contribution in [0, 0.1) is 23.7 Å².